The second-order valence-corrected chi connectivity index (χ2v) is 7.90. The van der Waals surface area contributed by atoms with Gasteiger partial charge in [-0.15, -0.1) is 10.2 Å². The van der Waals surface area contributed by atoms with Crippen LogP contribution in [-0.2, 0) is 4.79 Å². The summed E-state index contributed by atoms with van der Waals surface area (Å²) in [6.45, 7) is 3.75. The molecule has 0 fully saturated rings. The summed E-state index contributed by atoms with van der Waals surface area (Å²) in [5.41, 5.74) is 3.22. The number of carbonyl (C=O) groups is 2. The summed E-state index contributed by atoms with van der Waals surface area (Å²) in [5.74, 6) is 0.432. The van der Waals surface area contributed by atoms with Crippen molar-refractivity contribution in [1.29, 1.82) is 0 Å². The Kier molecular flexibility index (Phi) is 6.37. The zero-order valence-corrected chi connectivity index (χ0v) is 18.2. The number of rotatable bonds is 7. The van der Waals surface area contributed by atoms with Crippen molar-refractivity contribution in [2.24, 2.45) is 0 Å². The zero-order valence-electron chi connectivity index (χ0n) is 17.4. The molecule has 0 atom stereocenters. The number of nitrogens with zero attached hydrogens (tertiary/aromatic N) is 2. The van der Waals surface area contributed by atoms with Gasteiger partial charge >= 0.3 is 0 Å². The molecular weight excluding hydrogens is 428 g/mol. The van der Waals surface area contributed by atoms with Crippen molar-refractivity contribution in [1.82, 2.24) is 10.2 Å². The second kappa shape index (κ2) is 9.52. The molecule has 2 aromatic heterocycles. The lowest BCUT2D eigenvalue weighted by Gasteiger charge is -2.11. The predicted octanol–water partition coefficient (Wildman–Crippen LogP) is 4.93. The van der Waals surface area contributed by atoms with Crippen LogP contribution in [0.1, 0.15) is 21.7 Å². The number of amides is 2. The summed E-state index contributed by atoms with van der Waals surface area (Å²) in [5, 5.41) is 13.8. The molecule has 0 saturated heterocycles. The molecule has 4 aromatic rings. The van der Waals surface area contributed by atoms with Crippen LogP contribution >= 0.6 is 11.8 Å². The van der Waals surface area contributed by atoms with Crippen LogP contribution in [0.2, 0.25) is 0 Å². The number of aromatic nitrogens is 2. The SMILES string of the molecule is Cc1cccc(NC(=O)c2ccccc2NC(=O)CSc2nnc(-c3ccoc3C)o2)c1. The maximum atomic E-state index is 12.7. The maximum absolute atomic E-state index is 12.7. The number of thioether (sulfide) groups is 1. The lowest BCUT2D eigenvalue weighted by atomic mass is 10.1. The fourth-order valence-electron chi connectivity index (χ4n) is 3.01. The molecule has 162 valence electrons. The Labute approximate surface area is 188 Å². The first-order valence-electron chi connectivity index (χ1n) is 9.77. The van der Waals surface area contributed by atoms with Crippen molar-refractivity contribution in [3.05, 3.63) is 77.7 Å². The molecule has 0 radical (unpaired) electrons. The van der Waals surface area contributed by atoms with Crippen molar-refractivity contribution in [2.45, 2.75) is 19.1 Å². The second-order valence-electron chi connectivity index (χ2n) is 6.97. The summed E-state index contributed by atoms with van der Waals surface area (Å²) < 4.78 is 10.8. The molecule has 8 nitrogen and oxygen atoms in total. The number of hydrogen-bond donors (Lipinski definition) is 2. The number of aryl methyl sites for hydroxylation is 2. The van der Waals surface area contributed by atoms with Crippen molar-refractivity contribution in [3.63, 3.8) is 0 Å². The Balaban J connectivity index is 1.38. The Bertz CT molecular complexity index is 1260. The summed E-state index contributed by atoms with van der Waals surface area (Å²) in [6, 6.07) is 16.1. The largest absolute Gasteiger partial charge is 0.469 e. The van der Waals surface area contributed by atoms with Crippen LogP contribution in [0.4, 0.5) is 11.4 Å². The Morgan fingerprint density at radius 1 is 1.00 bits per heavy atom. The highest BCUT2D eigenvalue weighted by Gasteiger charge is 2.16. The topological polar surface area (TPSA) is 110 Å². The monoisotopic (exact) mass is 448 g/mol. The van der Waals surface area contributed by atoms with Crippen molar-refractivity contribution >= 4 is 35.0 Å². The number of para-hydroxylation sites is 1. The fraction of sp³-hybridized carbons (Fsp3) is 0.130. The van der Waals surface area contributed by atoms with Gasteiger partial charge < -0.3 is 19.5 Å². The van der Waals surface area contributed by atoms with E-state index in [1.807, 2.05) is 31.2 Å². The number of carbonyl (C=O) groups excluding carboxylic acids is 2. The number of hydrogen-bond acceptors (Lipinski definition) is 7. The van der Waals surface area contributed by atoms with Gasteiger partial charge in [-0.3, -0.25) is 9.59 Å². The lowest BCUT2D eigenvalue weighted by Crippen LogP contribution is -2.19. The Hall–Kier alpha value is -3.85. The first-order valence-corrected chi connectivity index (χ1v) is 10.8. The molecule has 9 heteroatoms. The van der Waals surface area contributed by atoms with Gasteiger partial charge in [0.15, 0.2) is 0 Å². The van der Waals surface area contributed by atoms with Crippen molar-refractivity contribution < 1.29 is 18.4 Å². The van der Waals surface area contributed by atoms with E-state index in [0.29, 0.717) is 34.2 Å². The van der Waals surface area contributed by atoms with Crippen molar-refractivity contribution in [2.75, 3.05) is 16.4 Å². The van der Waals surface area contributed by atoms with Gasteiger partial charge in [0.05, 0.1) is 28.8 Å². The van der Waals surface area contributed by atoms with Gasteiger partial charge in [-0.25, -0.2) is 0 Å². The molecule has 0 aliphatic rings. The Morgan fingerprint density at radius 3 is 2.62 bits per heavy atom. The third-order valence-electron chi connectivity index (χ3n) is 4.54. The molecule has 0 unspecified atom stereocenters. The Morgan fingerprint density at radius 2 is 1.84 bits per heavy atom. The first-order chi connectivity index (χ1) is 15.5. The minimum absolute atomic E-state index is 0.0415. The van der Waals surface area contributed by atoms with Gasteiger partial charge in [-0.1, -0.05) is 36.0 Å². The van der Waals surface area contributed by atoms with E-state index in [2.05, 4.69) is 20.8 Å². The smallest absolute Gasteiger partial charge is 0.277 e. The zero-order chi connectivity index (χ0) is 22.5. The minimum atomic E-state index is -0.309. The molecule has 2 aromatic carbocycles. The van der Waals surface area contributed by atoms with Crippen LogP contribution in [0.25, 0.3) is 11.5 Å². The van der Waals surface area contributed by atoms with Gasteiger partial charge in [0.1, 0.15) is 5.76 Å². The van der Waals surface area contributed by atoms with Crippen LogP contribution in [0.3, 0.4) is 0 Å². The van der Waals surface area contributed by atoms with Crippen molar-refractivity contribution in [3.8, 4) is 11.5 Å². The first kappa shape index (κ1) is 21.4. The third-order valence-corrected chi connectivity index (χ3v) is 5.36. The van der Waals surface area contributed by atoms with Crippen LogP contribution in [0.15, 0.2) is 74.9 Å². The lowest BCUT2D eigenvalue weighted by molar-refractivity contribution is -0.113. The number of benzene rings is 2. The van der Waals surface area contributed by atoms with E-state index in [1.54, 1.807) is 43.5 Å². The number of anilines is 2. The van der Waals surface area contributed by atoms with E-state index in [4.69, 9.17) is 8.83 Å². The standard InChI is InChI=1S/C23H20N4O4S/c1-14-6-5-7-16(12-14)24-21(29)18-8-3-4-9-19(18)25-20(28)13-32-23-27-26-22(31-23)17-10-11-30-15(17)2/h3-12H,13H2,1-2H3,(H,24,29)(H,25,28). The molecule has 2 amide bonds. The molecule has 2 heterocycles. The molecule has 0 saturated carbocycles. The minimum Gasteiger partial charge on any atom is -0.469 e. The molecule has 0 aliphatic heterocycles. The molecule has 0 aliphatic carbocycles. The fourth-order valence-corrected chi connectivity index (χ4v) is 3.57. The highest BCUT2D eigenvalue weighted by molar-refractivity contribution is 7.99. The molecule has 0 bridgehead atoms. The average Bonchev–Trinajstić information content (AvgIpc) is 3.41. The highest BCUT2D eigenvalue weighted by Crippen LogP contribution is 2.26. The van der Waals surface area contributed by atoms with E-state index >= 15 is 0 Å². The molecule has 0 spiro atoms. The number of furan rings is 1. The quantitative estimate of drug-likeness (QED) is 0.386. The summed E-state index contributed by atoms with van der Waals surface area (Å²) in [7, 11) is 0. The summed E-state index contributed by atoms with van der Waals surface area (Å²) in [4.78, 5) is 25.2. The van der Waals surface area contributed by atoms with Gasteiger partial charge in [-0.05, 0) is 49.7 Å². The maximum Gasteiger partial charge on any atom is 0.277 e. The molecular formula is C23H20N4O4S. The average molecular weight is 449 g/mol. The van der Waals surface area contributed by atoms with Crippen LogP contribution in [0, 0.1) is 13.8 Å². The van der Waals surface area contributed by atoms with E-state index in [0.717, 1.165) is 17.3 Å². The van der Waals surface area contributed by atoms with Gasteiger partial charge in [0.2, 0.25) is 5.91 Å². The van der Waals surface area contributed by atoms with Gasteiger partial charge in [0.25, 0.3) is 17.0 Å². The van der Waals surface area contributed by atoms with Gasteiger partial charge in [0, 0.05) is 5.69 Å². The van der Waals surface area contributed by atoms with Crippen LogP contribution in [-0.4, -0.2) is 27.8 Å². The molecule has 4 rings (SSSR count). The molecule has 2 N–H and O–H groups in total. The van der Waals surface area contributed by atoms with E-state index < -0.39 is 0 Å². The van der Waals surface area contributed by atoms with Crippen LogP contribution < -0.4 is 10.6 Å². The van der Waals surface area contributed by atoms with E-state index in [-0.39, 0.29) is 22.8 Å². The van der Waals surface area contributed by atoms with Crippen LogP contribution in [0.5, 0.6) is 0 Å². The van der Waals surface area contributed by atoms with E-state index in [1.165, 1.54) is 0 Å². The van der Waals surface area contributed by atoms with E-state index in [9.17, 15) is 9.59 Å². The molecule has 32 heavy (non-hydrogen) atoms. The van der Waals surface area contributed by atoms with Gasteiger partial charge in [-0.2, -0.15) is 0 Å². The third kappa shape index (κ3) is 5.06. The summed E-state index contributed by atoms with van der Waals surface area (Å²) >= 11 is 1.11. The normalized spacial score (nSPS) is 10.7. The summed E-state index contributed by atoms with van der Waals surface area (Å²) in [6.07, 6.45) is 1.54. The predicted molar refractivity (Wildman–Crippen MR) is 122 cm³/mol. The number of nitrogens with one attached hydrogen (secondary N) is 2. The highest BCUT2D eigenvalue weighted by atomic mass is 32.2.